The number of hydrogen-bond donors (Lipinski definition) is 1. The first-order chi connectivity index (χ1) is 21.1. The van der Waals surface area contributed by atoms with Gasteiger partial charge in [0.1, 0.15) is 41.6 Å². The summed E-state index contributed by atoms with van der Waals surface area (Å²) >= 11 is 0. The Morgan fingerprint density at radius 3 is 2.57 bits per heavy atom. The van der Waals surface area contributed by atoms with Crippen LogP contribution in [0.2, 0.25) is 25.7 Å². The Balaban J connectivity index is 1.69. The highest BCUT2D eigenvalue weighted by Gasteiger charge is 2.26. The summed E-state index contributed by atoms with van der Waals surface area (Å²) in [5.74, 6) is 0.727. The molecule has 4 aromatic heterocycles. The van der Waals surface area contributed by atoms with Crippen LogP contribution in [-0.2, 0) is 16.3 Å². The van der Waals surface area contributed by atoms with Crippen molar-refractivity contribution in [2.75, 3.05) is 38.2 Å². The van der Waals surface area contributed by atoms with E-state index in [1.54, 1.807) is 30.6 Å². The number of ether oxygens (including phenoxy) is 2. The van der Waals surface area contributed by atoms with E-state index in [4.69, 9.17) is 14.5 Å². The highest BCUT2D eigenvalue weighted by molar-refractivity contribution is 6.76. The molecule has 0 aliphatic carbocycles. The molecule has 5 heterocycles. The second kappa shape index (κ2) is 13.9. The quantitative estimate of drug-likeness (QED) is 0.129. The minimum atomic E-state index is -2.73. The Hall–Kier alpha value is -3.74. The van der Waals surface area contributed by atoms with Crippen LogP contribution < -0.4 is 10.1 Å². The van der Waals surface area contributed by atoms with Crippen molar-refractivity contribution in [3.63, 3.8) is 0 Å². The number of carbonyl (C=O) groups is 1. The van der Waals surface area contributed by atoms with E-state index in [2.05, 4.69) is 39.8 Å². The maximum atomic E-state index is 13.8. The largest absolute Gasteiger partial charge is 0.490 e. The molecular weight excluding hydrogens is 582 g/mol. The van der Waals surface area contributed by atoms with Gasteiger partial charge < -0.3 is 19.4 Å². The lowest BCUT2D eigenvalue weighted by atomic mass is 10.0. The molecule has 0 aromatic carbocycles. The lowest BCUT2D eigenvalue weighted by molar-refractivity contribution is -0.114. The minimum Gasteiger partial charge on any atom is -0.490 e. The van der Waals surface area contributed by atoms with Gasteiger partial charge in [-0.3, -0.25) is 14.7 Å². The van der Waals surface area contributed by atoms with Crippen LogP contribution in [0.3, 0.4) is 0 Å². The highest BCUT2D eigenvalue weighted by Crippen LogP contribution is 2.43. The Morgan fingerprint density at radius 2 is 1.84 bits per heavy atom. The van der Waals surface area contributed by atoms with Crippen LogP contribution in [-0.4, -0.2) is 71.2 Å². The number of aromatic nitrogens is 4. The summed E-state index contributed by atoms with van der Waals surface area (Å²) in [7, 11) is -1.36. The average molecular weight is 623 g/mol. The number of nitrogens with zero attached hydrogens (tertiary/aromatic N) is 5. The second-order valence-electron chi connectivity index (χ2n) is 12.3. The van der Waals surface area contributed by atoms with Gasteiger partial charge in [-0.05, 0) is 56.2 Å². The fourth-order valence-electron chi connectivity index (χ4n) is 5.39. The molecule has 9 nitrogen and oxygen atoms in total. The number of likely N-dealkylation sites (tertiary alicyclic amines) is 1. The van der Waals surface area contributed by atoms with E-state index in [1.807, 2.05) is 16.7 Å². The summed E-state index contributed by atoms with van der Waals surface area (Å²) in [5, 5.41) is 2.74. The molecule has 5 rings (SSSR count). The number of halogens is 2. The fraction of sp³-hybridized carbons (Fsp3) is 0.438. The van der Waals surface area contributed by atoms with Gasteiger partial charge in [-0.25, -0.2) is 18.7 Å². The third-order valence-electron chi connectivity index (χ3n) is 7.57. The topological polar surface area (TPSA) is 94.4 Å². The molecule has 1 aliphatic heterocycles. The van der Waals surface area contributed by atoms with E-state index in [1.165, 1.54) is 25.8 Å². The predicted molar refractivity (Wildman–Crippen MR) is 171 cm³/mol. The Morgan fingerprint density at radius 1 is 1.07 bits per heavy atom. The number of carbonyl (C=O) groups excluding carboxylic acids is 1. The van der Waals surface area contributed by atoms with Crippen LogP contribution in [0.25, 0.3) is 33.5 Å². The van der Waals surface area contributed by atoms with Gasteiger partial charge in [0.25, 0.3) is 6.43 Å². The van der Waals surface area contributed by atoms with Crippen molar-refractivity contribution in [3.8, 4) is 28.3 Å². The third kappa shape index (κ3) is 7.66. The number of pyridine rings is 3. The van der Waals surface area contributed by atoms with Gasteiger partial charge in [-0.2, -0.15) is 0 Å². The van der Waals surface area contributed by atoms with Gasteiger partial charge in [-0.1, -0.05) is 25.7 Å². The molecule has 44 heavy (non-hydrogen) atoms. The van der Waals surface area contributed by atoms with E-state index in [-0.39, 0.29) is 18.3 Å². The van der Waals surface area contributed by atoms with Crippen LogP contribution in [0, 0.1) is 0 Å². The van der Waals surface area contributed by atoms with Crippen LogP contribution in [0.15, 0.2) is 48.8 Å². The lowest BCUT2D eigenvalue weighted by Crippen LogP contribution is -2.25. The number of alkyl halides is 2. The normalized spacial score (nSPS) is 14.1. The molecule has 0 atom stereocenters. The zero-order chi connectivity index (χ0) is 31.3. The number of fused-ring (bicyclic) bond motifs is 1. The summed E-state index contributed by atoms with van der Waals surface area (Å²) in [6, 6.07) is 11.0. The van der Waals surface area contributed by atoms with Crippen molar-refractivity contribution >= 4 is 30.8 Å². The van der Waals surface area contributed by atoms with Crippen molar-refractivity contribution in [2.45, 2.75) is 58.6 Å². The molecule has 1 amide bonds. The standard InChI is InChI=1S/C32H40F2N6O3Si/c1-22(41)37-27-20-23(10-12-35-27)30-28(24-8-7-9-25(38-24)32(33)34)29-31(40(30)21-42-18-19-44(2,3)4)26(11-13-36-29)43-17-16-39-14-5-6-15-39/h7-13,20,32H,5-6,14-19,21H2,1-4H3,(H,35,37,41). The first kappa shape index (κ1) is 31.7. The third-order valence-corrected chi connectivity index (χ3v) is 9.27. The number of hydrogen-bond acceptors (Lipinski definition) is 7. The number of rotatable bonds is 13. The van der Waals surface area contributed by atoms with Crippen LogP contribution >= 0.6 is 0 Å². The fourth-order valence-corrected chi connectivity index (χ4v) is 6.15. The first-order valence-electron chi connectivity index (χ1n) is 15.0. The molecule has 12 heteroatoms. The lowest BCUT2D eigenvalue weighted by Gasteiger charge is -2.18. The maximum Gasteiger partial charge on any atom is 0.280 e. The summed E-state index contributed by atoms with van der Waals surface area (Å²) in [6.07, 6.45) is 2.93. The minimum absolute atomic E-state index is 0.177. The molecular formula is C32H40F2N6O3Si. The molecule has 0 bridgehead atoms. The van der Waals surface area contributed by atoms with Crippen molar-refractivity contribution < 1.29 is 23.0 Å². The smallest absolute Gasteiger partial charge is 0.280 e. The van der Waals surface area contributed by atoms with Crippen LogP contribution in [0.1, 0.15) is 31.9 Å². The molecule has 0 radical (unpaired) electrons. The monoisotopic (exact) mass is 622 g/mol. The molecule has 234 valence electrons. The Labute approximate surface area is 257 Å². The Bertz CT molecular complexity index is 1600. The van der Waals surface area contributed by atoms with Crippen molar-refractivity contribution in [1.82, 2.24) is 24.4 Å². The molecule has 4 aromatic rings. The molecule has 1 N–H and O–H groups in total. The van der Waals surface area contributed by atoms with E-state index in [9.17, 15) is 13.6 Å². The Kier molecular flexibility index (Phi) is 10.0. The summed E-state index contributed by atoms with van der Waals surface area (Å²) < 4.78 is 42.4. The van der Waals surface area contributed by atoms with Crippen molar-refractivity contribution in [1.29, 1.82) is 0 Å². The predicted octanol–water partition coefficient (Wildman–Crippen LogP) is 6.84. The second-order valence-corrected chi connectivity index (χ2v) is 17.9. The van der Waals surface area contributed by atoms with Gasteiger partial charge in [0, 0.05) is 52.2 Å². The van der Waals surface area contributed by atoms with Crippen molar-refractivity contribution in [2.24, 2.45) is 0 Å². The SMILES string of the molecule is CC(=O)Nc1cc(-c2c(-c3cccc(C(F)F)n3)c3nccc(OCCN4CCCC4)c3n2COCC[Si](C)(C)C)ccn1. The number of nitrogens with one attached hydrogen (secondary N) is 1. The van der Waals surface area contributed by atoms with E-state index >= 15 is 0 Å². The molecule has 0 spiro atoms. The van der Waals surface area contributed by atoms with Crippen molar-refractivity contribution in [3.05, 3.63) is 54.5 Å². The zero-order valence-corrected chi connectivity index (χ0v) is 26.8. The van der Waals surface area contributed by atoms with Gasteiger partial charge >= 0.3 is 0 Å². The molecule has 1 aliphatic rings. The molecule has 1 fully saturated rings. The number of amides is 1. The van der Waals surface area contributed by atoms with Crippen LogP contribution in [0.5, 0.6) is 5.75 Å². The first-order valence-corrected chi connectivity index (χ1v) is 18.7. The zero-order valence-electron chi connectivity index (χ0n) is 25.8. The van der Waals surface area contributed by atoms with E-state index in [0.717, 1.165) is 25.7 Å². The van der Waals surface area contributed by atoms with Gasteiger partial charge in [0.2, 0.25) is 5.91 Å². The van der Waals surface area contributed by atoms with Gasteiger partial charge in [0.05, 0.1) is 17.0 Å². The summed E-state index contributed by atoms with van der Waals surface area (Å²) in [6.45, 7) is 12.5. The summed E-state index contributed by atoms with van der Waals surface area (Å²) in [5.41, 5.74) is 3.19. The van der Waals surface area contributed by atoms with E-state index in [0.29, 0.717) is 58.3 Å². The van der Waals surface area contributed by atoms with Gasteiger partial charge in [-0.15, -0.1) is 0 Å². The van der Waals surface area contributed by atoms with E-state index < -0.39 is 14.5 Å². The average Bonchev–Trinajstić information content (AvgIpc) is 3.61. The highest BCUT2D eigenvalue weighted by atomic mass is 28.3. The van der Waals surface area contributed by atoms with Crippen LogP contribution in [0.4, 0.5) is 14.6 Å². The summed E-state index contributed by atoms with van der Waals surface area (Å²) in [4.78, 5) is 27.7. The van der Waals surface area contributed by atoms with Gasteiger partial charge in [0.15, 0.2) is 0 Å². The number of anilines is 1. The molecule has 0 saturated carbocycles. The maximum absolute atomic E-state index is 13.8. The molecule has 0 unspecified atom stereocenters. The molecule has 1 saturated heterocycles.